The zero-order chi connectivity index (χ0) is 22.3. The zero-order valence-corrected chi connectivity index (χ0v) is 18.1. The van der Waals surface area contributed by atoms with E-state index in [4.69, 9.17) is 21.1 Å². The van der Waals surface area contributed by atoms with E-state index in [0.29, 0.717) is 29.1 Å². The summed E-state index contributed by atoms with van der Waals surface area (Å²) in [6.45, 7) is 0.274. The van der Waals surface area contributed by atoms with Gasteiger partial charge in [0.25, 0.3) is 5.91 Å². The fourth-order valence-electron chi connectivity index (χ4n) is 2.97. The van der Waals surface area contributed by atoms with Crippen molar-refractivity contribution in [3.05, 3.63) is 89.4 Å². The second kappa shape index (κ2) is 9.98. The summed E-state index contributed by atoms with van der Waals surface area (Å²) in [6, 6.07) is 23.9. The van der Waals surface area contributed by atoms with Crippen LogP contribution in [0.1, 0.15) is 10.4 Å². The Morgan fingerprint density at radius 2 is 1.69 bits per heavy atom. The number of hydrogen-bond acceptors (Lipinski definition) is 6. The highest BCUT2D eigenvalue weighted by atomic mass is 35.5. The average molecular weight is 449 g/mol. The number of para-hydroxylation sites is 1. The smallest absolute Gasteiger partial charge is 0.287 e. The van der Waals surface area contributed by atoms with Crippen molar-refractivity contribution in [2.75, 3.05) is 19.0 Å². The van der Waals surface area contributed by atoms with Gasteiger partial charge in [0.05, 0.1) is 7.11 Å². The van der Waals surface area contributed by atoms with Gasteiger partial charge in [-0.3, -0.25) is 4.79 Å². The van der Waals surface area contributed by atoms with Gasteiger partial charge in [0.2, 0.25) is 5.95 Å². The molecule has 0 aliphatic carbocycles. The summed E-state index contributed by atoms with van der Waals surface area (Å²) in [7, 11) is 1.60. The molecule has 7 nitrogen and oxygen atoms in total. The van der Waals surface area contributed by atoms with Gasteiger partial charge in [-0.1, -0.05) is 41.9 Å². The van der Waals surface area contributed by atoms with Gasteiger partial charge in [-0.05, 0) is 54.1 Å². The average Bonchev–Trinajstić information content (AvgIpc) is 3.27. The Bertz CT molecular complexity index is 1180. The van der Waals surface area contributed by atoms with Crippen molar-refractivity contribution in [1.29, 1.82) is 0 Å². The Balaban J connectivity index is 1.57. The molecule has 0 radical (unpaired) electrons. The molecule has 32 heavy (non-hydrogen) atoms. The second-order valence-electron chi connectivity index (χ2n) is 6.87. The van der Waals surface area contributed by atoms with Crippen LogP contribution < -0.4 is 14.8 Å². The molecule has 0 aliphatic heterocycles. The van der Waals surface area contributed by atoms with Crippen LogP contribution in [0.15, 0.2) is 78.9 Å². The van der Waals surface area contributed by atoms with Gasteiger partial charge in [0.15, 0.2) is 12.4 Å². The maximum atomic E-state index is 12.9. The molecule has 0 aliphatic rings. The standard InChI is InChI=1S/C24H21ClN4O3/c1-31-20-13-9-18(10-14-20)23-27-24(26-15-17-7-11-19(25)12-8-17)29(28-23)22(30)16-32-21-5-3-2-4-6-21/h2-14H,15-16H2,1H3,(H,26,27,28). The van der Waals surface area contributed by atoms with Crippen molar-refractivity contribution in [3.8, 4) is 22.9 Å². The van der Waals surface area contributed by atoms with E-state index in [1.54, 1.807) is 19.2 Å². The first-order valence-electron chi connectivity index (χ1n) is 9.93. The quantitative estimate of drug-likeness (QED) is 0.411. The number of halogens is 1. The number of carbonyl (C=O) groups is 1. The SMILES string of the molecule is COc1ccc(-c2nc(NCc3ccc(Cl)cc3)n(C(=O)COc3ccccc3)n2)cc1. The highest BCUT2D eigenvalue weighted by molar-refractivity contribution is 6.30. The molecule has 4 aromatic rings. The molecule has 0 atom stereocenters. The van der Waals surface area contributed by atoms with E-state index < -0.39 is 0 Å². The van der Waals surface area contributed by atoms with Crippen LogP contribution >= 0.6 is 11.6 Å². The molecule has 0 saturated carbocycles. The molecule has 0 saturated heterocycles. The summed E-state index contributed by atoms with van der Waals surface area (Å²) in [4.78, 5) is 17.4. The van der Waals surface area contributed by atoms with Crippen molar-refractivity contribution < 1.29 is 14.3 Å². The van der Waals surface area contributed by atoms with Gasteiger partial charge in [-0.25, -0.2) is 0 Å². The van der Waals surface area contributed by atoms with E-state index in [0.717, 1.165) is 16.9 Å². The second-order valence-corrected chi connectivity index (χ2v) is 7.31. The number of hydrogen-bond donors (Lipinski definition) is 1. The van der Waals surface area contributed by atoms with Crippen LogP contribution in [0.5, 0.6) is 11.5 Å². The number of anilines is 1. The third-order valence-corrected chi connectivity index (χ3v) is 4.91. The Morgan fingerprint density at radius 3 is 2.38 bits per heavy atom. The molecule has 3 aromatic carbocycles. The minimum Gasteiger partial charge on any atom is -0.497 e. The summed E-state index contributed by atoms with van der Waals surface area (Å²) in [6.07, 6.45) is 0. The predicted molar refractivity (Wildman–Crippen MR) is 123 cm³/mol. The Kier molecular flexibility index (Phi) is 6.67. The molecule has 0 unspecified atom stereocenters. The Morgan fingerprint density at radius 1 is 0.969 bits per heavy atom. The number of benzene rings is 3. The monoisotopic (exact) mass is 448 g/mol. The summed E-state index contributed by atoms with van der Waals surface area (Å²) in [5, 5.41) is 8.27. The summed E-state index contributed by atoms with van der Waals surface area (Å²) < 4.78 is 12.0. The minimum atomic E-state index is -0.347. The number of carbonyl (C=O) groups excluding carboxylic acids is 1. The fraction of sp³-hybridized carbons (Fsp3) is 0.125. The molecule has 0 bridgehead atoms. The third kappa shape index (κ3) is 5.25. The summed E-state index contributed by atoms with van der Waals surface area (Å²) in [5.74, 6) is 1.72. The van der Waals surface area contributed by atoms with Crippen LogP contribution in [-0.2, 0) is 6.54 Å². The first kappa shape index (κ1) is 21.4. The molecule has 1 N–H and O–H groups in total. The first-order valence-corrected chi connectivity index (χ1v) is 10.3. The van der Waals surface area contributed by atoms with Crippen LogP contribution in [0.2, 0.25) is 5.02 Å². The maximum Gasteiger partial charge on any atom is 0.287 e. The third-order valence-electron chi connectivity index (χ3n) is 4.66. The van der Waals surface area contributed by atoms with Crippen LogP contribution in [-0.4, -0.2) is 34.4 Å². The zero-order valence-electron chi connectivity index (χ0n) is 17.4. The number of nitrogens with zero attached hydrogens (tertiary/aromatic N) is 3. The Labute approximate surface area is 190 Å². The van der Waals surface area contributed by atoms with Crippen LogP contribution in [0.3, 0.4) is 0 Å². The topological polar surface area (TPSA) is 78.3 Å². The highest BCUT2D eigenvalue weighted by Crippen LogP contribution is 2.22. The fourth-order valence-corrected chi connectivity index (χ4v) is 3.10. The minimum absolute atomic E-state index is 0.176. The predicted octanol–water partition coefficient (Wildman–Crippen LogP) is 4.94. The van der Waals surface area contributed by atoms with Crippen LogP contribution in [0.4, 0.5) is 5.95 Å². The molecule has 4 rings (SSSR count). The number of aromatic nitrogens is 3. The largest absolute Gasteiger partial charge is 0.497 e. The van der Waals surface area contributed by atoms with Gasteiger partial charge in [0.1, 0.15) is 11.5 Å². The van der Waals surface area contributed by atoms with Gasteiger partial charge in [0, 0.05) is 17.1 Å². The van der Waals surface area contributed by atoms with Crippen molar-refractivity contribution in [3.63, 3.8) is 0 Å². The summed E-state index contributed by atoms with van der Waals surface area (Å²) >= 11 is 5.96. The lowest BCUT2D eigenvalue weighted by atomic mass is 10.2. The van der Waals surface area contributed by atoms with Gasteiger partial charge >= 0.3 is 0 Å². The van der Waals surface area contributed by atoms with E-state index in [1.165, 1.54) is 4.68 Å². The van der Waals surface area contributed by atoms with Crippen molar-refractivity contribution in [2.45, 2.75) is 6.54 Å². The Hall–Kier alpha value is -3.84. The van der Waals surface area contributed by atoms with Crippen LogP contribution in [0.25, 0.3) is 11.4 Å². The highest BCUT2D eigenvalue weighted by Gasteiger charge is 2.18. The molecular formula is C24H21ClN4O3. The van der Waals surface area contributed by atoms with E-state index in [9.17, 15) is 4.79 Å². The van der Waals surface area contributed by atoms with Crippen molar-refractivity contribution in [2.24, 2.45) is 0 Å². The van der Waals surface area contributed by atoms with Gasteiger partial charge < -0.3 is 14.8 Å². The van der Waals surface area contributed by atoms with Crippen LogP contribution in [0, 0.1) is 0 Å². The number of rotatable bonds is 8. The molecule has 162 valence electrons. The number of methoxy groups -OCH3 is 1. The van der Waals surface area contributed by atoms with Gasteiger partial charge in [-0.2, -0.15) is 9.67 Å². The van der Waals surface area contributed by atoms with Gasteiger partial charge in [-0.15, -0.1) is 5.10 Å². The van der Waals surface area contributed by atoms with E-state index in [-0.39, 0.29) is 12.5 Å². The molecule has 8 heteroatoms. The number of nitrogens with one attached hydrogen (secondary N) is 1. The maximum absolute atomic E-state index is 12.9. The first-order chi connectivity index (χ1) is 15.6. The van der Waals surface area contributed by atoms with E-state index in [1.807, 2.05) is 66.7 Å². The molecule has 0 fully saturated rings. The molecule has 1 heterocycles. The van der Waals surface area contributed by atoms with Crippen molar-refractivity contribution in [1.82, 2.24) is 14.8 Å². The normalized spacial score (nSPS) is 10.6. The lowest BCUT2D eigenvalue weighted by molar-refractivity contribution is 0.0824. The molecular weight excluding hydrogens is 428 g/mol. The molecule has 1 aromatic heterocycles. The summed E-state index contributed by atoms with van der Waals surface area (Å²) in [5.41, 5.74) is 1.75. The number of ether oxygens (including phenoxy) is 2. The lowest BCUT2D eigenvalue weighted by Gasteiger charge is -2.08. The molecule has 0 amide bonds. The van der Waals surface area contributed by atoms with E-state index in [2.05, 4.69) is 15.4 Å². The lowest BCUT2D eigenvalue weighted by Crippen LogP contribution is -2.22. The van der Waals surface area contributed by atoms with Crippen molar-refractivity contribution >= 4 is 23.5 Å². The van der Waals surface area contributed by atoms with E-state index >= 15 is 0 Å². The molecule has 0 spiro atoms.